The molecule has 0 aliphatic heterocycles. The van der Waals surface area contributed by atoms with Crippen molar-refractivity contribution in [1.29, 1.82) is 0 Å². The maximum atomic E-state index is 12.5. The third-order valence-corrected chi connectivity index (χ3v) is 4.87. The zero-order chi connectivity index (χ0) is 22.9. The zero-order valence-electron chi connectivity index (χ0n) is 17.2. The van der Waals surface area contributed by atoms with Crippen LogP contribution in [0.15, 0.2) is 72.8 Å². The molecule has 2 atom stereocenters. The highest BCUT2D eigenvalue weighted by atomic mass is 16.5. The fourth-order valence-electron chi connectivity index (χ4n) is 3.17. The van der Waals surface area contributed by atoms with Gasteiger partial charge in [-0.05, 0) is 21.9 Å². The Labute approximate surface area is 184 Å². The van der Waals surface area contributed by atoms with E-state index < -0.39 is 36.7 Å². The summed E-state index contributed by atoms with van der Waals surface area (Å²) in [6.45, 7) is -0.721. The zero-order valence-corrected chi connectivity index (χ0v) is 17.2. The summed E-state index contributed by atoms with van der Waals surface area (Å²) in [6.07, 6.45) is -0.854. The number of aliphatic hydroxyl groups excluding tert-OH is 1. The van der Waals surface area contributed by atoms with E-state index in [1.807, 2.05) is 42.5 Å². The number of carbonyl (C=O) groups excluding carboxylic acids is 2. The number of rotatable bonds is 9. The molecule has 0 aromatic heterocycles. The summed E-state index contributed by atoms with van der Waals surface area (Å²) in [5.41, 5.74) is 1.49. The molecule has 8 heteroatoms. The summed E-state index contributed by atoms with van der Waals surface area (Å²) in [4.78, 5) is 36.2. The van der Waals surface area contributed by atoms with Gasteiger partial charge in [-0.3, -0.25) is 4.79 Å². The van der Waals surface area contributed by atoms with Crippen LogP contribution in [-0.2, 0) is 27.4 Å². The topological polar surface area (TPSA) is 125 Å². The van der Waals surface area contributed by atoms with Gasteiger partial charge in [-0.25, -0.2) is 9.59 Å². The maximum Gasteiger partial charge on any atom is 0.408 e. The number of carbonyl (C=O) groups is 3. The van der Waals surface area contributed by atoms with E-state index in [4.69, 9.17) is 4.74 Å². The predicted octanol–water partition coefficient (Wildman–Crippen LogP) is 2.24. The van der Waals surface area contributed by atoms with Crippen molar-refractivity contribution in [1.82, 2.24) is 10.6 Å². The molecule has 0 fully saturated rings. The Morgan fingerprint density at radius 3 is 2.19 bits per heavy atom. The first-order chi connectivity index (χ1) is 15.5. The molecular weight excluding hydrogens is 412 g/mol. The van der Waals surface area contributed by atoms with Crippen LogP contribution in [0.3, 0.4) is 0 Å². The number of carboxylic acid groups (broad SMARTS) is 1. The van der Waals surface area contributed by atoms with Gasteiger partial charge < -0.3 is 25.6 Å². The van der Waals surface area contributed by atoms with Gasteiger partial charge in [0, 0.05) is 6.42 Å². The van der Waals surface area contributed by atoms with Crippen molar-refractivity contribution in [2.45, 2.75) is 25.1 Å². The third kappa shape index (κ3) is 6.29. The molecule has 2 amide bonds. The summed E-state index contributed by atoms with van der Waals surface area (Å²) in [6, 6.07) is 19.6. The molecule has 3 rings (SSSR count). The number of aliphatic carboxylic acids is 1. The normalized spacial score (nSPS) is 12.5. The Kier molecular flexibility index (Phi) is 7.77. The van der Waals surface area contributed by atoms with Gasteiger partial charge in [0.2, 0.25) is 5.91 Å². The lowest BCUT2D eigenvalue weighted by Gasteiger charge is -2.20. The van der Waals surface area contributed by atoms with Gasteiger partial charge in [0.05, 0.1) is 6.61 Å². The number of hydrogen-bond donors (Lipinski definition) is 4. The molecule has 0 saturated carbocycles. The van der Waals surface area contributed by atoms with Gasteiger partial charge >= 0.3 is 12.1 Å². The molecule has 3 aromatic rings. The Morgan fingerprint density at radius 2 is 1.50 bits per heavy atom. The highest BCUT2D eigenvalue weighted by molar-refractivity contribution is 5.89. The van der Waals surface area contributed by atoms with Crippen LogP contribution < -0.4 is 10.6 Å². The molecule has 0 bridgehead atoms. The van der Waals surface area contributed by atoms with E-state index in [1.54, 1.807) is 30.3 Å². The van der Waals surface area contributed by atoms with Crippen molar-refractivity contribution in [2.24, 2.45) is 0 Å². The molecule has 0 saturated heterocycles. The van der Waals surface area contributed by atoms with E-state index in [9.17, 15) is 24.6 Å². The number of benzene rings is 3. The molecule has 0 heterocycles. The summed E-state index contributed by atoms with van der Waals surface area (Å²) in [5, 5.41) is 25.7. The lowest BCUT2D eigenvalue weighted by Crippen LogP contribution is -2.53. The molecular formula is C24H24N2O6. The first-order valence-corrected chi connectivity index (χ1v) is 10.0. The van der Waals surface area contributed by atoms with Crippen LogP contribution in [0, 0.1) is 0 Å². The Morgan fingerprint density at radius 1 is 0.812 bits per heavy atom. The van der Waals surface area contributed by atoms with Crippen LogP contribution in [-0.4, -0.2) is 46.9 Å². The minimum atomic E-state index is -1.35. The second-order valence-electron chi connectivity index (χ2n) is 7.23. The van der Waals surface area contributed by atoms with E-state index in [-0.39, 0.29) is 13.0 Å². The monoisotopic (exact) mass is 436 g/mol. The van der Waals surface area contributed by atoms with Crippen molar-refractivity contribution in [3.8, 4) is 0 Å². The van der Waals surface area contributed by atoms with Crippen LogP contribution >= 0.6 is 0 Å². The van der Waals surface area contributed by atoms with Gasteiger partial charge in [0.25, 0.3) is 0 Å². The summed E-state index contributed by atoms with van der Waals surface area (Å²) in [5.74, 6) is -2.05. The van der Waals surface area contributed by atoms with E-state index >= 15 is 0 Å². The number of alkyl carbamates (subject to hydrolysis) is 1. The highest BCUT2D eigenvalue weighted by Crippen LogP contribution is 2.17. The molecule has 0 unspecified atom stereocenters. The molecule has 4 N–H and O–H groups in total. The van der Waals surface area contributed by atoms with Crippen molar-refractivity contribution < 1.29 is 29.3 Å². The number of ether oxygens (including phenoxy) is 1. The van der Waals surface area contributed by atoms with Gasteiger partial charge in [-0.15, -0.1) is 0 Å². The molecule has 0 aliphatic carbocycles. The molecule has 3 aromatic carbocycles. The molecule has 32 heavy (non-hydrogen) atoms. The number of amides is 2. The standard InChI is InChI=1S/C24H24N2O6/c27-14-21(26-24(31)32-15-16-6-2-1-3-7-16)22(28)25-20(23(29)30)13-17-10-11-18-8-4-5-9-19(18)12-17/h1-12,20-21,27H,13-15H2,(H,25,28)(H,26,31)(H,29,30)/t20-,21-/m0/s1. The van der Waals surface area contributed by atoms with E-state index in [1.165, 1.54) is 0 Å². The highest BCUT2D eigenvalue weighted by Gasteiger charge is 2.26. The van der Waals surface area contributed by atoms with Gasteiger partial charge in [0.1, 0.15) is 18.7 Å². The Balaban J connectivity index is 1.59. The minimum Gasteiger partial charge on any atom is -0.480 e. The fourth-order valence-corrected chi connectivity index (χ4v) is 3.17. The van der Waals surface area contributed by atoms with Crippen LogP contribution in [0.4, 0.5) is 4.79 Å². The van der Waals surface area contributed by atoms with Crippen molar-refractivity contribution in [2.75, 3.05) is 6.61 Å². The van der Waals surface area contributed by atoms with Crippen molar-refractivity contribution in [3.63, 3.8) is 0 Å². The second-order valence-corrected chi connectivity index (χ2v) is 7.23. The lowest BCUT2D eigenvalue weighted by molar-refractivity contribution is -0.142. The second kappa shape index (κ2) is 10.9. The Hall–Kier alpha value is -3.91. The largest absolute Gasteiger partial charge is 0.480 e. The van der Waals surface area contributed by atoms with Crippen molar-refractivity contribution >= 4 is 28.7 Å². The first-order valence-electron chi connectivity index (χ1n) is 10.0. The smallest absolute Gasteiger partial charge is 0.408 e. The van der Waals surface area contributed by atoms with Gasteiger partial charge in [-0.1, -0.05) is 72.8 Å². The Bertz CT molecular complexity index is 1090. The number of nitrogens with one attached hydrogen (secondary N) is 2. The van der Waals surface area contributed by atoms with Crippen LogP contribution in [0.25, 0.3) is 10.8 Å². The van der Waals surface area contributed by atoms with Crippen LogP contribution in [0.2, 0.25) is 0 Å². The van der Waals surface area contributed by atoms with Crippen LogP contribution in [0.1, 0.15) is 11.1 Å². The van der Waals surface area contributed by atoms with E-state index in [0.29, 0.717) is 0 Å². The fraction of sp³-hybridized carbons (Fsp3) is 0.208. The summed E-state index contributed by atoms with van der Waals surface area (Å²) in [7, 11) is 0. The molecule has 0 aliphatic rings. The third-order valence-electron chi connectivity index (χ3n) is 4.87. The van der Waals surface area contributed by atoms with Crippen LogP contribution in [0.5, 0.6) is 0 Å². The average molecular weight is 436 g/mol. The minimum absolute atomic E-state index is 0.00778. The summed E-state index contributed by atoms with van der Waals surface area (Å²) < 4.78 is 5.04. The SMILES string of the molecule is O=C(N[C@@H](CO)C(=O)N[C@@H](Cc1ccc2ccccc2c1)C(=O)O)OCc1ccccc1. The average Bonchev–Trinajstić information content (AvgIpc) is 2.81. The molecule has 0 spiro atoms. The number of carboxylic acids is 1. The lowest BCUT2D eigenvalue weighted by atomic mass is 10.0. The molecule has 166 valence electrons. The maximum absolute atomic E-state index is 12.5. The van der Waals surface area contributed by atoms with Crippen molar-refractivity contribution in [3.05, 3.63) is 83.9 Å². The van der Waals surface area contributed by atoms with Gasteiger partial charge in [-0.2, -0.15) is 0 Å². The number of hydrogen-bond acceptors (Lipinski definition) is 5. The molecule has 0 radical (unpaired) electrons. The predicted molar refractivity (Wildman–Crippen MR) is 118 cm³/mol. The van der Waals surface area contributed by atoms with E-state index in [2.05, 4.69) is 10.6 Å². The molecule has 8 nitrogen and oxygen atoms in total. The first kappa shape index (κ1) is 22.8. The summed E-state index contributed by atoms with van der Waals surface area (Å²) >= 11 is 0. The van der Waals surface area contributed by atoms with Gasteiger partial charge in [0.15, 0.2) is 0 Å². The number of aliphatic hydroxyl groups is 1. The van der Waals surface area contributed by atoms with E-state index in [0.717, 1.165) is 21.9 Å². The number of fused-ring (bicyclic) bond motifs is 1. The quantitative estimate of drug-likeness (QED) is 0.408.